The van der Waals surface area contributed by atoms with E-state index in [1.165, 1.54) is 0 Å². The van der Waals surface area contributed by atoms with Gasteiger partial charge in [0.15, 0.2) is 0 Å². The molecular weight excluding hydrogens is 294 g/mol. The van der Waals surface area contributed by atoms with Gasteiger partial charge < -0.3 is 19.7 Å². The second kappa shape index (κ2) is 8.84. The maximum atomic E-state index is 12.1. The summed E-state index contributed by atoms with van der Waals surface area (Å²) in [4.78, 5) is 18.8. The molecule has 1 saturated heterocycles. The quantitative estimate of drug-likeness (QED) is 0.826. The van der Waals surface area contributed by atoms with Gasteiger partial charge in [0.05, 0.1) is 13.2 Å². The molecule has 2 heterocycles. The fourth-order valence-corrected chi connectivity index (χ4v) is 2.37. The summed E-state index contributed by atoms with van der Waals surface area (Å²) in [5, 5.41) is 2.94. The van der Waals surface area contributed by atoms with Gasteiger partial charge in [-0.3, -0.25) is 4.79 Å². The molecule has 6 heteroatoms. The van der Waals surface area contributed by atoms with E-state index in [1.54, 1.807) is 13.1 Å². The summed E-state index contributed by atoms with van der Waals surface area (Å²) in [6, 6.07) is 3.89. The second-order valence-corrected chi connectivity index (χ2v) is 6.17. The standard InChI is InChI=1S/C17H27N3O3/c1-13(2)12-23-14(3)17(21)19-11-15-5-4-6-18-16(15)20-7-9-22-10-8-20/h4-6,13-14H,7-12H2,1-3H3,(H,19,21). The van der Waals surface area contributed by atoms with Crippen molar-refractivity contribution < 1.29 is 14.3 Å². The van der Waals surface area contributed by atoms with Crippen LogP contribution in [-0.4, -0.2) is 49.9 Å². The molecule has 1 N–H and O–H groups in total. The molecule has 0 aliphatic carbocycles. The smallest absolute Gasteiger partial charge is 0.249 e. The molecule has 2 rings (SSSR count). The van der Waals surface area contributed by atoms with Crippen LogP contribution in [0.2, 0.25) is 0 Å². The highest BCUT2D eigenvalue weighted by molar-refractivity contribution is 5.80. The summed E-state index contributed by atoms with van der Waals surface area (Å²) >= 11 is 0. The van der Waals surface area contributed by atoms with Crippen LogP contribution in [0.3, 0.4) is 0 Å². The van der Waals surface area contributed by atoms with E-state index in [9.17, 15) is 4.79 Å². The summed E-state index contributed by atoms with van der Waals surface area (Å²) in [5.41, 5.74) is 1.01. The number of nitrogens with zero attached hydrogens (tertiary/aromatic N) is 2. The van der Waals surface area contributed by atoms with Crippen molar-refractivity contribution in [3.8, 4) is 0 Å². The van der Waals surface area contributed by atoms with Gasteiger partial charge in [-0.1, -0.05) is 19.9 Å². The molecule has 1 aliphatic rings. The Balaban J connectivity index is 1.91. The summed E-state index contributed by atoms with van der Waals surface area (Å²) in [5.74, 6) is 1.24. The third kappa shape index (κ3) is 5.48. The van der Waals surface area contributed by atoms with Gasteiger partial charge in [0, 0.05) is 38.0 Å². The van der Waals surface area contributed by atoms with Gasteiger partial charge >= 0.3 is 0 Å². The van der Waals surface area contributed by atoms with Crippen molar-refractivity contribution in [1.82, 2.24) is 10.3 Å². The fraction of sp³-hybridized carbons (Fsp3) is 0.647. The first kappa shape index (κ1) is 17.7. The van der Waals surface area contributed by atoms with E-state index in [-0.39, 0.29) is 5.91 Å². The van der Waals surface area contributed by atoms with Crippen molar-refractivity contribution in [3.05, 3.63) is 23.9 Å². The molecule has 23 heavy (non-hydrogen) atoms. The predicted molar refractivity (Wildman–Crippen MR) is 89.4 cm³/mol. The van der Waals surface area contributed by atoms with Crippen LogP contribution in [0.5, 0.6) is 0 Å². The fourth-order valence-electron chi connectivity index (χ4n) is 2.37. The van der Waals surface area contributed by atoms with E-state index in [1.807, 2.05) is 12.1 Å². The van der Waals surface area contributed by atoms with E-state index in [0.29, 0.717) is 32.3 Å². The molecule has 0 radical (unpaired) electrons. The lowest BCUT2D eigenvalue weighted by atomic mass is 10.2. The number of pyridine rings is 1. The van der Waals surface area contributed by atoms with Gasteiger partial charge in [0.25, 0.3) is 0 Å². The van der Waals surface area contributed by atoms with Crippen LogP contribution in [0.4, 0.5) is 5.82 Å². The Labute approximate surface area is 138 Å². The van der Waals surface area contributed by atoms with Crippen molar-refractivity contribution in [1.29, 1.82) is 0 Å². The SMILES string of the molecule is CC(C)COC(C)C(=O)NCc1cccnc1N1CCOCC1. The Morgan fingerprint density at radius 3 is 2.83 bits per heavy atom. The molecule has 1 aromatic rings. The van der Waals surface area contributed by atoms with Crippen molar-refractivity contribution in [2.24, 2.45) is 5.92 Å². The topological polar surface area (TPSA) is 63.7 Å². The lowest BCUT2D eigenvalue weighted by Gasteiger charge is -2.29. The number of carbonyl (C=O) groups is 1. The van der Waals surface area contributed by atoms with E-state index < -0.39 is 6.10 Å². The number of carbonyl (C=O) groups excluding carboxylic acids is 1. The lowest BCUT2D eigenvalue weighted by molar-refractivity contribution is -0.132. The number of nitrogens with one attached hydrogen (secondary N) is 1. The number of morpholine rings is 1. The van der Waals surface area contributed by atoms with Crippen molar-refractivity contribution in [3.63, 3.8) is 0 Å². The van der Waals surface area contributed by atoms with Crippen LogP contribution >= 0.6 is 0 Å². The van der Waals surface area contributed by atoms with Crippen molar-refractivity contribution in [2.75, 3.05) is 37.8 Å². The Morgan fingerprint density at radius 1 is 1.39 bits per heavy atom. The molecule has 0 spiro atoms. The Bertz CT molecular complexity index is 502. The zero-order valence-electron chi connectivity index (χ0n) is 14.2. The third-order valence-electron chi connectivity index (χ3n) is 3.68. The van der Waals surface area contributed by atoms with Crippen LogP contribution in [-0.2, 0) is 20.8 Å². The van der Waals surface area contributed by atoms with Crippen molar-refractivity contribution >= 4 is 11.7 Å². The number of ether oxygens (including phenoxy) is 2. The molecule has 1 atom stereocenters. The van der Waals surface area contributed by atoms with Gasteiger partial charge in [-0.15, -0.1) is 0 Å². The number of amides is 1. The third-order valence-corrected chi connectivity index (χ3v) is 3.68. The first-order valence-electron chi connectivity index (χ1n) is 8.24. The van der Waals surface area contributed by atoms with Crippen LogP contribution < -0.4 is 10.2 Å². The monoisotopic (exact) mass is 321 g/mol. The molecule has 0 bridgehead atoms. The van der Waals surface area contributed by atoms with E-state index in [4.69, 9.17) is 9.47 Å². The number of aromatic nitrogens is 1. The Hall–Kier alpha value is -1.66. The average molecular weight is 321 g/mol. The molecule has 6 nitrogen and oxygen atoms in total. The largest absolute Gasteiger partial charge is 0.378 e. The molecular formula is C17H27N3O3. The number of hydrogen-bond acceptors (Lipinski definition) is 5. The van der Waals surface area contributed by atoms with E-state index in [2.05, 4.69) is 29.0 Å². The maximum Gasteiger partial charge on any atom is 0.249 e. The molecule has 1 aromatic heterocycles. The summed E-state index contributed by atoms with van der Waals surface area (Å²) < 4.78 is 10.9. The van der Waals surface area contributed by atoms with Crippen LogP contribution in [0.25, 0.3) is 0 Å². The molecule has 1 aliphatic heterocycles. The Kier molecular flexibility index (Phi) is 6.80. The maximum absolute atomic E-state index is 12.1. The molecule has 128 valence electrons. The van der Waals surface area contributed by atoms with Crippen LogP contribution in [0.1, 0.15) is 26.3 Å². The highest BCUT2D eigenvalue weighted by atomic mass is 16.5. The summed E-state index contributed by atoms with van der Waals surface area (Å²) in [6.07, 6.45) is 1.34. The molecule has 0 saturated carbocycles. The predicted octanol–water partition coefficient (Wildman–Crippen LogP) is 1.60. The van der Waals surface area contributed by atoms with Gasteiger partial charge in [-0.2, -0.15) is 0 Å². The minimum absolute atomic E-state index is 0.0950. The van der Waals surface area contributed by atoms with Crippen LogP contribution in [0.15, 0.2) is 18.3 Å². The molecule has 1 amide bonds. The number of rotatable bonds is 7. The van der Waals surface area contributed by atoms with Gasteiger partial charge in [-0.25, -0.2) is 4.98 Å². The highest BCUT2D eigenvalue weighted by Gasteiger charge is 2.18. The van der Waals surface area contributed by atoms with E-state index in [0.717, 1.165) is 24.5 Å². The molecule has 1 unspecified atom stereocenters. The normalized spacial score (nSPS) is 16.4. The number of anilines is 1. The number of hydrogen-bond donors (Lipinski definition) is 1. The average Bonchev–Trinajstić information content (AvgIpc) is 2.58. The first-order chi connectivity index (χ1) is 11.1. The second-order valence-electron chi connectivity index (χ2n) is 6.17. The summed E-state index contributed by atoms with van der Waals surface area (Å²) in [6.45, 7) is 10.0. The van der Waals surface area contributed by atoms with E-state index >= 15 is 0 Å². The van der Waals surface area contributed by atoms with Crippen molar-refractivity contribution in [2.45, 2.75) is 33.4 Å². The lowest BCUT2D eigenvalue weighted by Crippen LogP contribution is -2.38. The van der Waals surface area contributed by atoms with Gasteiger partial charge in [0.1, 0.15) is 11.9 Å². The zero-order valence-corrected chi connectivity index (χ0v) is 14.2. The Morgan fingerprint density at radius 2 is 2.13 bits per heavy atom. The molecule has 0 aromatic carbocycles. The minimum Gasteiger partial charge on any atom is -0.378 e. The van der Waals surface area contributed by atoms with Gasteiger partial charge in [-0.05, 0) is 18.9 Å². The zero-order chi connectivity index (χ0) is 16.7. The minimum atomic E-state index is -0.444. The highest BCUT2D eigenvalue weighted by Crippen LogP contribution is 2.18. The summed E-state index contributed by atoms with van der Waals surface area (Å²) in [7, 11) is 0. The first-order valence-corrected chi connectivity index (χ1v) is 8.24. The van der Waals surface area contributed by atoms with Crippen LogP contribution in [0, 0.1) is 5.92 Å². The van der Waals surface area contributed by atoms with Gasteiger partial charge in [0.2, 0.25) is 5.91 Å². The molecule has 1 fully saturated rings.